The lowest BCUT2D eigenvalue weighted by molar-refractivity contribution is 0.0930. The van der Waals surface area contributed by atoms with Crippen LogP contribution < -0.4 is 15.8 Å². The number of amides is 1. The molecular formula is C12H14N4O3. The molecule has 0 aliphatic rings. The highest BCUT2D eigenvalue weighted by Crippen LogP contribution is 2.18. The zero-order chi connectivity index (χ0) is 13.8. The van der Waals surface area contributed by atoms with Gasteiger partial charge in [0.05, 0.1) is 13.2 Å². The summed E-state index contributed by atoms with van der Waals surface area (Å²) in [5, 5.41) is 9.56. The number of rotatable bonds is 4. The van der Waals surface area contributed by atoms with Crippen molar-refractivity contribution in [1.29, 1.82) is 0 Å². The van der Waals surface area contributed by atoms with Gasteiger partial charge in [-0.25, -0.2) is 4.63 Å². The Hall–Kier alpha value is -2.57. The number of ether oxygens (including phenoxy) is 1. The van der Waals surface area contributed by atoms with Crippen molar-refractivity contribution in [3.05, 3.63) is 35.5 Å². The van der Waals surface area contributed by atoms with Gasteiger partial charge < -0.3 is 15.8 Å². The monoisotopic (exact) mass is 262 g/mol. The second-order valence-corrected chi connectivity index (χ2v) is 3.97. The molecule has 0 fully saturated rings. The zero-order valence-electron chi connectivity index (χ0n) is 10.6. The Labute approximate surface area is 109 Å². The minimum Gasteiger partial charge on any atom is -0.497 e. The molecule has 0 unspecified atom stereocenters. The Kier molecular flexibility index (Phi) is 3.65. The molecule has 0 saturated heterocycles. The van der Waals surface area contributed by atoms with Crippen LogP contribution in [0.25, 0.3) is 0 Å². The molecule has 0 aliphatic carbocycles. The van der Waals surface area contributed by atoms with Crippen molar-refractivity contribution < 1.29 is 14.2 Å². The number of carbonyl (C=O) groups is 1. The summed E-state index contributed by atoms with van der Waals surface area (Å²) in [6.07, 6.45) is 0. The number of carbonyl (C=O) groups excluding carboxylic acids is 1. The Morgan fingerprint density at radius 3 is 2.58 bits per heavy atom. The summed E-state index contributed by atoms with van der Waals surface area (Å²) in [5.74, 6) is 0.300. The van der Waals surface area contributed by atoms with Crippen LogP contribution >= 0.6 is 0 Å². The highest BCUT2D eigenvalue weighted by molar-refractivity contribution is 5.96. The Balaban J connectivity index is 2.06. The smallest absolute Gasteiger partial charge is 0.277 e. The molecule has 100 valence electrons. The van der Waals surface area contributed by atoms with Crippen LogP contribution in [0.4, 0.5) is 5.82 Å². The highest BCUT2D eigenvalue weighted by Gasteiger charge is 2.18. The standard InChI is InChI=1S/C12H14N4O3/c1-7(8-3-5-9(18-2)6-4-8)14-12(17)10-11(13)16-19-15-10/h3-7H,1-2H3,(H2,13,16)(H,14,17)/t7-/m1/s1. The fourth-order valence-corrected chi connectivity index (χ4v) is 1.59. The molecule has 19 heavy (non-hydrogen) atoms. The summed E-state index contributed by atoms with van der Waals surface area (Å²) >= 11 is 0. The number of nitrogens with one attached hydrogen (secondary N) is 1. The average Bonchev–Trinajstić information content (AvgIpc) is 2.85. The van der Waals surface area contributed by atoms with Gasteiger partial charge in [-0.3, -0.25) is 4.79 Å². The van der Waals surface area contributed by atoms with E-state index in [9.17, 15) is 4.79 Å². The van der Waals surface area contributed by atoms with E-state index in [-0.39, 0.29) is 17.6 Å². The Morgan fingerprint density at radius 2 is 2.05 bits per heavy atom. The van der Waals surface area contributed by atoms with Crippen LogP contribution in [0.5, 0.6) is 5.75 Å². The van der Waals surface area contributed by atoms with Crippen LogP contribution in [0.3, 0.4) is 0 Å². The van der Waals surface area contributed by atoms with Crippen molar-refractivity contribution in [3.63, 3.8) is 0 Å². The van der Waals surface area contributed by atoms with Crippen molar-refractivity contribution in [1.82, 2.24) is 15.6 Å². The topological polar surface area (TPSA) is 103 Å². The molecule has 0 saturated carbocycles. The third-order valence-corrected chi connectivity index (χ3v) is 2.69. The van der Waals surface area contributed by atoms with Gasteiger partial charge in [0, 0.05) is 0 Å². The van der Waals surface area contributed by atoms with Crippen LogP contribution in [0.15, 0.2) is 28.9 Å². The lowest BCUT2D eigenvalue weighted by atomic mass is 10.1. The van der Waals surface area contributed by atoms with Crippen molar-refractivity contribution in [2.45, 2.75) is 13.0 Å². The van der Waals surface area contributed by atoms with Crippen LogP contribution in [0, 0.1) is 0 Å². The van der Waals surface area contributed by atoms with E-state index in [4.69, 9.17) is 10.5 Å². The first-order chi connectivity index (χ1) is 9.11. The lowest BCUT2D eigenvalue weighted by Gasteiger charge is -2.13. The second kappa shape index (κ2) is 5.38. The summed E-state index contributed by atoms with van der Waals surface area (Å²) in [6, 6.07) is 7.19. The number of anilines is 1. The van der Waals surface area contributed by atoms with Gasteiger partial charge in [-0.1, -0.05) is 12.1 Å². The molecule has 1 amide bonds. The normalized spacial score (nSPS) is 11.9. The molecule has 2 rings (SSSR count). The third-order valence-electron chi connectivity index (χ3n) is 2.69. The first-order valence-electron chi connectivity index (χ1n) is 5.64. The molecule has 1 aromatic heterocycles. The van der Waals surface area contributed by atoms with Crippen molar-refractivity contribution in [3.8, 4) is 5.75 Å². The number of hydrogen-bond donors (Lipinski definition) is 2. The number of nitrogens with zero attached hydrogens (tertiary/aromatic N) is 2. The van der Waals surface area contributed by atoms with Gasteiger partial charge in [0.25, 0.3) is 5.91 Å². The van der Waals surface area contributed by atoms with E-state index in [2.05, 4.69) is 20.3 Å². The molecule has 1 heterocycles. The molecule has 0 aliphatic heterocycles. The quantitative estimate of drug-likeness (QED) is 0.856. The predicted octanol–water partition coefficient (Wildman–Crippen LogP) is 1.15. The van der Waals surface area contributed by atoms with Crippen LogP contribution in [0.2, 0.25) is 0 Å². The molecule has 2 aromatic rings. The minimum atomic E-state index is -0.429. The highest BCUT2D eigenvalue weighted by atomic mass is 16.6. The number of aromatic nitrogens is 2. The number of hydrogen-bond acceptors (Lipinski definition) is 6. The van der Waals surface area contributed by atoms with E-state index in [1.54, 1.807) is 7.11 Å². The summed E-state index contributed by atoms with van der Waals surface area (Å²) in [5.41, 5.74) is 6.37. The average molecular weight is 262 g/mol. The van der Waals surface area contributed by atoms with E-state index in [1.165, 1.54) is 0 Å². The lowest BCUT2D eigenvalue weighted by Crippen LogP contribution is -2.27. The van der Waals surface area contributed by atoms with E-state index in [0.717, 1.165) is 11.3 Å². The first kappa shape index (κ1) is 12.9. The summed E-state index contributed by atoms with van der Waals surface area (Å²) < 4.78 is 9.45. The fraction of sp³-hybridized carbons (Fsp3) is 0.250. The molecule has 1 aromatic carbocycles. The van der Waals surface area contributed by atoms with Crippen LogP contribution in [-0.2, 0) is 0 Å². The third kappa shape index (κ3) is 2.82. The van der Waals surface area contributed by atoms with Gasteiger partial charge in [-0.15, -0.1) is 0 Å². The van der Waals surface area contributed by atoms with Crippen molar-refractivity contribution in [2.75, 3.05) is 12.8 Å². The zero-order valence-corrected chi connectivity index (χ0v) is 10.6. The van der Waals surface area contributed by atoms with Gasteiger partial charge in [0.15, 0.2) is 0 Å². The SMILES string of the molecule is COc1ccc([C@@H](C)NC(=O)c2nonc2N)cc1. The molecule has 0 radical (unpaired) electrons. The molecule has 1 atom stereocenters. The van der Waals surface area contributed by atoms with Crippen LogP contribution in [0.1, 0.15) is 29.0 Å². The molecule has 0 bridgehead atoms. The van der Waals surface area contributed by atoms with Gasteiger partial charge in [0.2, 0.25) is 11.5 Å². The maximum Gasteiger partial charge on any atom is 0.277 e. The minimum absolute atomic E-state index is 0.0136. The number of benzene rings is 1. The van der Waals surface area contributed by atoms with Crippen molar-refractivity contribution >= 4 is 11.7 Å². The number of nitrogens with two attached hydrogens (primary N) is 1. The Morgan fingerprint density at radius 1 is 1.37 bits per heavy atom. The largest absolute Gasteiger partial charge is 0.497 e. The van der Waals surface area contributed by atoms with Gasteiger partial charge in [-0.05, 0) is 34.9 Å². The van der Waals surface area contributed by atoms with E-state index < -0.39 is 5.91 Å². The molecular weight excluding hydrogens is 248 g/mol. The maximum atomic E-state index is 11.9. The first-order valence-corrected chi connectivity index (χ1v) is 5.64. The molecule has 0 spiro atoms. The Bertz CT molecular complexity index is 565. The maximum absolute atomic E-state index is 11.9. The van der Waals surface area contributed by atoms with E-state index in [1.807, 2.05) is 31.2 Å². The summed E-state index contributed by atoms with van der Waals surface area (Å²) in [6.45, 7) is 1.85. The van der Waals surface area contributed by atoms with Gasteiger partial charge in [0.1, 0.15) is 5.75 Å². The molecule has 3 N–H and O–H groups in total. The van der Waals surface area contributed by atoms with Crippen LogP contribution in [-0.4, -0.2) is 23.3 Å². The predicted molar refractivity (Wildman–Crippen MR) is 67.6 cm³/mol. The molecule has 7 nitrogen and oxygen atoms in total. The van der Waals surface area contributed by atoms with E-state index in [0.29, 0.717) is 0 Å². The number of methoxy groups -OCH3 is 1. The fourth-order valence-electron chi connectivity index (χ4n) is 1.59. The van der Waals surface area contributed by atoms with Gasteiger partial charge >= 0.3 is 0 Å². The van der Waals surface area contributed by atoms with E-state index >= 15 is 0 Å². The number of nitrogen functional groups attached to an aromatic ring is 1. The molecule has 7 heteroatoms. The van der Waals surface area contributed by atoms with Gasteiger partial charge in [-0.2, -0.15) is 0 Å². The summed E-state index contributed by atoms with van der Waals surface area (Å²) in [7, 11) is 1.60. The second-order valence-electron chi connectivity index (χ2n) is 3.97. The van der Waals surface area contributed by atoms with Crippen molar-refractivity contribution in [2.24, 2.45) is 0 Å². The summed E-state index contributed by atoms with van der Waals surface area (Å²) in [4.78, 5) is 11.9.